The summed E-state index contributed by atoms with van der Waals surface area (Å²) in [7, 11) is 0. The first-order valence-corrected chi connectivity index (χ1v) is 8.51. The molecule has 2 N–H and O–H groups in total. The summed E-state index contributed by atoms with van der Waals surface area (Å²) in [5.41, 5.74) is 1.18. The molecule has 112 valence electrons. The molecule has 1 heterocycles. The van der Waals surface area contributed by atoms with E-state index in [1.54, 1.807) is 11.3 Å². The van der Waals surface area contributed by atoms with Crippen molar-refractivity contribution in [2.75, 3.05) is 23.7 Å². The first-order chi connectivity index (χ1) is 10.9. The largest absolute Gasteiger partial charge is 0.383 e. The summed E-state index contributed by atoms with van der Waals surface area (Å²) in [6.45, 7) is 1.69. The average Bonchev–Trinajstić information content (AvgIpc) is 3.31. The van der Waals surface area contributed by atoms with Gasteiger partial charge in [0.15, 0.2) is 0 Å². The highest BCUT2D eigenvalue weighted by molar-refractivity contribution is 7.15. The van der Waals surface area contributed by atoms with Gasteiger partial charge in [-0.05, 0) is 24.3 Å². The van der Waals surface area contributed by atoms with Gasteiger partial charge >= 0.3 is 0 Å². The van der Waals surface area contributed by atoms with Gasteiger partial charge in [-0.25, -0.2) is 0 Å². The van der Waals surface area contributed by atoms with Gasteiger partial charge in [-0.2, -0.15) is 0 Å². The monoisotopic (exact) mass is 310 g/mol. The van der Waals surface area contributed by atoms with Gasteiger partial charge in [0.1, 0.15) is 5.01 Å². The summed E-state index contributed by atoms with van der Waals surface area (Å²) >= 11 is 1.69. The van der Waals surface area contributed by atoms with E-state index >= 15 is 0 Å². The zero-order valence-corrected chi connectivity index (χ0v) is 13.1. The van der Waals surface area contributed by atoms with Gasteiger partial charge in [0.2, 0.25) is 5.13 Å². The van der Waals surface area contributed by atoms with Gasteiger partial charge in [0.05, 0.1) is 0 Å². The van der Waals surface area contributed by atoms with E-state index in [1.807, 2.05) is 0 Å². The van der Waals surface area contributed by atoms with Crippen molar-refractivity contribution in [1.29, 1.82) is 0 Å². The molecular weight excluding hydrogens is 292 g/mol. The maximum atomic E-state index is 4.24. The third-order valence-electron chi connectivity index (χ3n) is 3.87. The Balaban J connectivity index is 1.34. The number of nitrogens with one attached hydrogen (secondary N) is 2. The molecule has 0 unspecified atom stereocenters. The Morgan fingerprint density at radius 1 is 0.955 bits per heavy atom. The summed E-state index contributed by atoms with van der Waals surface area (Å²) in [4.78, 5) is 0. The molecule has 1 fully saturated rings. The molecule has 0 amide bonds. The van der Waals surface area contributed by atoms with Crippen LogP contribution in [0, 0.1) is 0 Å². The van der Waals surface area contributed by atoms with Crippen molar-refractivity contribution in [2.24, 2.45) is 0 Å². The molecule has 0 bridgehead atoms. The van der Waals surface area contributed by atoms with Gasteiger partial charge in [0, 0.05) is 30.1 Å². The van der Waals surface area contributed by atoms with Crippen LogP contribution in [-0.2, 0) is 0 Å². The molecule has 4 rings (SSSR count). The molecule has 0 atom stereocenters. The smallest absolute Gasteiger partial charge is 0.205 e. The zero-order chi connectivity index (χ0) is 14.8. The van der Waals surface area contributed by atoms with Crippen LogP contribution in [0.4, 0.5) is 10.8 Å². The molecule has 22 heavy (non-hydrogen) atoms. The summed E-state index contributed by atoms with van der Waals surface area (Å²) < 4.78 is 0. The van der Waals surface area contributed by atoms with Crippen molar-refractivity contribution < 1.29 is 0 Å². The van der Waals surface area contributed by atoms with Crippen LogP contribution in [0.3, 0.4) is 0 Å². The Bertz CT molecular complexity index is 774. The molecule has 4 nitrogen and oxygen atoms in total. The highest BCUT2D eigenvalue weighted by atomic mass is 32.1. The van der Waals surface area contributed by atoms with Crippen molar-refractivity contribution >= 4 is 32.9 Å². The van der Waals surface area contributed by atoms with E-state index in [4.69, 9.17) is 0 Å². The maximum absolute atomic E-state index is 4.24. The number of fused-ring (bicyclic) bond motifs is 1. The summed E-state index contributed by atoms with van der Waals surface area (Å²) in [6.07, 6.45) is 2.55. The fourth-order valence-electron chi connectivity index (χ4n) is 2.55. The fraction of sp³-hybridized carbons (Fsp3) is 0.294. The van der Waals surface area contributed by atoms with Crippen LogP contribution < -0.4 is 10.6 Å². The lowest BCUT2D eigenvalue weighted by Gasteiger charge is -2.09. The zero-order valence-electron chi connectivity index (χ0n) is 12.2. The third kappa shape index (κ3) is 2.90. The van der Waals surface area contributed by atoms with E-state index in [-0.39, 0.29) is 0 Å². The van der Waals surface area contributed by atoms with Crippen LogP contribution in [0.2, 0.25) is 0 Å². The van der Waals surface area contributed by atoms with Crippen LogP contribution in [0.25, 0.3) is 10.8 Å². The molecule has 0 spiro atoms. The van der Waals surface area contributed by atoms with Crippen LogP contribution in [0.15, 0.2) is 42.5 Å². The minimum absolute atomic E-state index is 0.682. The molecule has 1 aliphatic rings. The summed E-state index contributed by atoms with van der Waals surface area (Å²) in [5, 5.41) is 19.9. The molecule has 5 heteroatoms. The third-order valence-corrected chi connectivity index (χ3v) is 4.92. The molecular formula is C17H18N4S. The van der Waals surface area contributed by atoms with E-state index in [1.165, 1.54) is 34.3 Å². The summed E-state index contributed by atoms with van der Waals surface area (Å²) in [5.74, 6) is 0.682. The Labute approximate surface area is 133 Å². The Hall–Kier alpha value is -2.14. The predicted octanol–water partition coefficient (Wildman–Crippen LogP) is 4.09. The molecule has 0 saturated heterocycles. The Morgan fingerprint density at radius 3 is 2.68 bits per heavy atom. The van der Waals surface area contributed by atoms with Gasteiger partial charge in [-0.15, -0.1) is 10.2 Å². The van der Waals surface area contributed by atoms with Crippen LogP contribution in [-0.4, -0.2) is 23.3 Å². The molecule has 3 aromatic rings. The number of benzene rings is 2. The fourth-order valence-corrected chi connectivity index (χ4v) is 3.49. The quantitative estimate of drug-likeness (QED) is 0.673. The van der Waals surface area contributed by atoms with Gasteiger partial charge in [-0.1, -0.05) is 47.7 Å². The van der Waals surface area contributed by atoms with E-state index < -0.39 is 0 Å². The lowest BCUT2D eigenvalue weighted by molar-refractivity contribution is 0.966. The van der Waals surface area contributed by atoms with Crippen molar-refractivity contribution in [3.8, 4) is 0 Å². The average molecular weight is 310 g/mol. The number of anilines is 2. The Kier molecular flexibility index (Phi) is 3.64. The van der Waals surface area contributed by atoms with Crippen LogP contribution >= 0.6 is 11.3 Å². The van der Waals surface area contributed by atoms with E-state index in [0.29, 0.717) is 5.92 Å². The minimum Gasteiger partial charge on any atom is -0.383 e. The second-order valence-electron chi connectivity index (χ2n) is 5.60. The molecule has 2 aromatic carbocycles. The number of hydrogen-bond donors (Lipinski definition) is 2. The van der Waals surface area contributed by atoms with Crippen molar-refractivity contribution in [3.63, 3.8) is 0 Å². The highest BCUT2D eigenvalue weighted by Gasteiger charge is 2.27. The molecule has 1 saturated carbocycles. The lowest BCUT2D eigenvalue weighted by atomic mass is 10.1. The van der Waals surface area contributed by atoms with Crippen LogP contribution in [0.5, 0.6) is 0 Å². The predicted molar refractivity (Wildman–Crippen MR) is 92.8 cm³/mol. The summed E-state index contributed by atoms with van der Waals surface area (Å²) in [6, 6.07) is 14.8. The number of rotatable bonds is 6. The molecule has 0 radical (unpaired) electrons. The normalized spacial score (nSPS) is 14.2. The first kappa shape index (κ1) is 13.5. The van der Waals surface area contributed by atoms with Crippen molar-refractivity contribution in [3.05, 3.63) is 47.5 Å². The van der Waals surface area contributed by atoms with E-state index in [9.17, 15) is 0 Å². The highest BCUT2D eigenvalue weighted by Crippen LogP contribution is 2.41. The van der Waals surface area contributed by atoms with Crippen LogP contribution in [0.1, 0.15) is 23.8 Å². The number of hydrogen-bond acceptors (Lipinski definition) is 5. The van der Waals surface area contributed by atoms with Gasteiger partial charge in [-0.3, -0.25) is 0 Å². The standard InChI is InChI=1S/C17H18N4S/c1-2-6-14-12(4-1)5-3-7-15(14)18-10-11-19-17-21-20-16(22-17)13-8-9-13/h1-7,13,18H,8-11H2,(H,19,21). The van der Waals surface area contributed by atoms with Gasteiger partial charge in [0.25, 0.3) is 0 Å². The molecule has 1 aliphatic carbocycles. The second kappa shape index (κ2) is 5.93. The Morgan fingerprint density at radius 2 is 1.77 bits per heavy atom. The second-order valence-corrected chi connectivity index (χ2v) is 6.61. The lowest BCUT2D eigenvalue weighted by Crippen LogP contribution is -2.13. The van der Waals surface area contributed by atoms with Gasteiger partial charge < -0.3 is 10.6 Å². The van der Waals surface area contributed by atoms with Crippen molar-refractivity contribution in [1.82, 2.24) is 10.2 Å². The topological polar surface area (TPSA) is 49.8 Å². The maximum Gasteiger partial charge on any atom is 0.205 e. The van der Waals surface area contributed by atoms with E-state index in [0.717, 1.165) is 18.2 Å². The number of nitrogens with zero attached hydrogens (tertiary/aromatic N) is 2. The number of aromatic nitrogens is 2. The first-order valence-electron chi connectivity index (χ1n) is 7.69. The molecule has 0 aliphatic heterocycles. The minimum atomic E-state index is 0.682. The molecule has 1 aromatic heterocycles. The SMILES string of the molecule is c1ccc2c(NCCNc3nnc(C4CC4)s3)cccc2c1. The van der Waals surface area contributed by atoms with E-state index in [2.05, 4.69) is 63.3 Å². The van der Waals surface area contributed by atoms with Crippen molar-refractivity contribution in [2.45, 2.75) is 18.8 Å².